The summed E-state index contributed by atoms with van der Waals surface area (Å²) in [6.45, 7) is 3.46. The maximum atomic E-state index is 13.1. The van der Waals surface area contributed by atoms with Gasteiger partial charge in [0, 0.05) is 43.3 Å². The van der Waals surface area contributed by atoms with Crippen molar-refractivity contribution in [3.05, 3.63) is 48.2 Å². The van der Waals surface area contributed by atoms with E-state index in [4.69, 9.17) is 23.7 Å². The summed E-state index contributed by atoms with van der Waals surface area (Å²) >= 11 is 0. The Balaban J connectivity index is 1.18. The number of amides is 1. The molecule has 0 aliphatic carbocycles. The largest absolute Gasteiger partial charge is 0.486 e. The number of aromatic nitrogens is 2. The average Bonchev–Trinajstić information content (AvgIpc) is 3.31. The van der Waals surface area contributed by atoms with Gasteiger partial charge >= 0.3 is 6.09 Å². The van der Waals surface area contributed by atoms with Crippen LogP contribution < -0.4 is 19.1 Å². The summed E-state index contributed by atoms with van der Waals surface area (Å²) in [5.74, 6) is 1.70. The van der Waals surface area contributed by atoms with Crippen molar-refractivity contribution in [2.24, 2.45) is 0 Å². The minimum atomic E-state index is -0.911. The maximum absolute atomic E-state index is 13.1. The molecule has 0 radical (unpaired) electrons. The van der Waals surface area contributed by atoms with Crippen LogP contribution in [-0.4, -0.2) is 77.1 Å². The molecule has 2 aromatic heterocycles. The molecule has 6 rings (SSSR count). The second-order valence-electron chi connectivity index (χ2n) is 10.2. The standard InChI is InChI=1S/C29H33N3O8/c1-2-36-26-6-4-21-27(31-26)20(8-11-30-21)22(34)16-19-7-10-29(25(39-19)9-12-33)17-32(28(35)40-29)18-3-5-23-24(15-18)38-14-13-37-23/h3-6,8,11,15,19,22,25,33-34H,2,7,9-10,12-14,16-17H2,1H3/t19-,22+,25+,29+/m0/s1. The van der Waals surface area contributed by atoms with Crippen LogP contribution in [0.4, 0.5) is 10.5 Å². The molecule has 2 fully saturated rings. The fourth-order valence-electron chi connectivity index (χ4n) is 5.80. The summed E-state index contributed by atoms with van der Waals surface area (Å²) in [7, 11) is 0. The van der Waals surface area contributed by atoms with Gasteiger partial charge in [-0.3, -0.25) is 9.88 Å². The number of nitrogens with zero attached hydrogens (tertiary/aromatic N) is 3. The topological polar surface area (TPSA) is 133 Å². The van der Waals surface area contributed by atoms with E-state index in [-0.39, 0.29) is 19.3 Å². The number of hydrogen-bond acceptors (Lipinski definition) is 10. The molecule has 1 amide bonds. The summed E-state index contributed by atoms with van der Waals surface area (Å²) in [5.41, 5.74) is 1.63. The van der Waals surface area contributed by atoms with Crippen LogP contribution in [0.1, 0.15) is 44.3 Å². The highest BCUT2D eigenvalue weighted by molar-refractivity contribution is 5.91. The molecule has 5 heterocycles. The molecular formula is C29H33N3O8. The van der Waals surface area contributed by atoms with E-state index in [1.54, 1.807) is 35.4 Å². The minimum absolute atomic E-state index is 0.123. The molecule has 40 heavy (non-hydrogen) atoms. The maximum Gasteiger partial charge on any atom is 0.415 e. The van der Waals surface area contributed by atoms with Crippen LogP contribution in [0, 0.1) is 0 Å². The number of fused-ring (bicyclic) bond motifs is 2. The zero-order valence-corrected chi connectivity index (χ0v) is 22.3. The number of carbonyl (C=O) groups is 1. The Hall–Kier alpha value is -3.67. The molecule has 2 saturated heterocycles. The molecule has 11 nitrogen and oxygen atoms in total. The van der Waals surface area contributed by atoms with E-state index >= 15 is 0 Å². The predicted molar refractivity (Wildman–Crippen MR) is 144 cm³/mol. The van der Waals surface area contributed by atoms with Crippen molar-refractivity contribution < 1.29 is 38.7 Å². The van der Waals surface area contributed by atoms with Crippen molar-refractivity contribution in [1.82, 2.24) is 9.97 Å². The van der Waals surface area contributed by atoms with Crippen molar-refractivity contribution in [1.29, 1.82) is 0 Å². The van der Waals surface area contributed by atoms with E-state index in [0.29, 0.717) is 85.2 Å². The Morgan fingerprint density at radius 2 is 2.02 bits per heavy atom. The number of rotatable bonds is 8. The van der Waals surface area contributed by atoms with Crippen LogP contribution >= 0.6 is 0 Å². The number of carbonyl (C=O) groups excluding carboxylic acids is 1. The van der Waals surface area contributed by atoms with Crippen LogP contribution in [0.3, 0.4) is 0 Å². The van der Waals surface area contributed by atoms with Crippen molar-refractivity contribution >= 4 is 22.8 Å². The molecule has 212 valence electrons. The average molecular weight is 552 g/mol. The lowest BCUT2D eigenvalue weighted by Crippen LogP contribution is -2.53. The number of ether oxygens (including phenoxy) is 5. The summed E-state index contributed by atoms with van der Waals surface area (Å²) in [4.78, 5) is 23.6. The number of hydrogen-bond donors (Lipinski definition) is 2. The lowest BCUT2D eigenvalue weighted by atomic mass is 9.83. The molecule has 4 atom stereocenters. The summed E-state index contributed by atoms with van der Waals surface area (Å²) < 4.78 is 29.2. The molecule has 2 N–H and O–H groups in total. The Morgan fingerprint density at radius 3 is 2.85 bits per heavy atom. The van der Waals surface area contributed by atoms with Gasteiger partial charge in [0.2, 0.25) is 5.88 Å². The first-order valence-electron chi connectivity index (χ1n) is 13.7. The molecule has 1 aromatic carbocycles. The molecule has 11 heteroatoms. The highest BCUT2D eigenvalue weighted by atomic mass is 16.6. The molecule has 1 spiro atoms. The monoisotopic (exact) mass is 551 g/mol. The fourth-order valence-corrected chi connectivity index (χ4v) is 5.80. The van der Waals surface area contributed by atoms with Gasteiger partial charge in [0.15, 0.2) is 17.1 Å². The van der Waals surface area contributed by atoms with Gasteiger partial charge in [0.05, 0.1) is 42.1 Å². The normalized spacial score (nSPS) is 24.8. The van der Waals surface area contributed by atoms with Crippen LogP contribution in [0.25, 0.3) is 11.0 Å². The number of anilines is 1. The number of aliphatic hydroxyl groups excluding tert-OH is 2. The zero-order chi connectivity index (χ0) is 27.7. The minimum Gasteiger partial charge on any atom is -0.486 e. The van der Waals surface area contributed by atoms with Crippen molar-refractivity contribution in [3.8, 4) is 17.4 Å². The third-order valence-electron chi connectivity index (χ3n) is 7.73. The van der Waals surface area contributed by atoms with E-state index in [2.05, 4.69) is 9.97 Å². The van der Waals surface area contributed by atoms with Crippen LogP contribution in [0.15, 0.2) is 42.6 Å². The Labute approximate surface area is 231 Å². The first kappa shape index (κ1) is 26.5. The Kier molecular flexibility index (Phi) is 7.35. The quantitative estimate of drug-likeness (QED) is 0.428. The third kappa shape index (κ3) is 5.00. The second kappa shape index (κ2) is 11.1. The first-order chi connectivity index (χ1) is 19.5. The summed E-state index contributed by atoms with van der Waals surface area (Å²) in [6, 6.07) is 10.7. The molecular weight excluding hydrogens is 518 g/mol. The fraction of sp³-hybridized carbons (Fsp3) is 0.483. The van der Waals surface area contributed by atoms with Gasteiger partial charge in [-0.2, -0.15) is 0 Å². The van der Waals surface area contributed by atoms with Crippen LogP contribution in [0.2, 0.25) is 0 Å². The number of pyridine rings is 2. The van der Waals surface area contributed by atoms with Crippen LogP contribution in [0.5, 0.6) is 17.4 Å². The van der Waals surface area contributed by atoms with Crippen LogP contribution in [-0.2, 0) is 9.47 Å². The van der Waals surface area contributed by atoms with Gasteiger partial charge in [-0.1, -0.05) is 0 Å². The lowest BCUT2D eigenvalue weighted by Gasteiger charge is -2.42. The number of benzene rings is 1. The SMILES string of the molecule is CCOc1ccc2nccc([C@H](O)C[C@@H]3CC[C@@]4(CN(c5ccc6c(c5)OCCO6)C(=O)O4)[C@@H](CCO)O3)c2n1. The van der Waals surface area contributed by atoms with Gasteiger partial charge in [-0.15, -0.1) is 0 Å². The van der Waals surface area contributed by atoms with Gasteiger partial charge < -0.3 is 33.9 Å². The van der Waals surface area contributed by atoms with Gasteiger partial charge in [0.25, 0.3) is 0 Å². The van der Waals surface area contributed by atoms with E-state index in [0.717, 1.165) is 0 Å². The highest BCUT2D eigenvalue weighted by Crippen LogP contribution is 2.44. The summed E-state index contributed by atoms with van der Waals surface area (Å²) in [5, 5.41) is 21.1. The van der Waals surface area contributed by atoms with E-state index in [1.165, 1.54) is 0 Å². The van der Waals surface area contributed by atoms with Crippen molar-refractivity contribution in [2.45, 2.75) is 56.5 Å². The first-order valence-corrected chi connectivity index (χ1v) is 13.7. The van der Waals surface area contributed by atoms with E-state index in [1.807, 2.05) is 19.1 Å². The third-order valence-corrected chi connectivity index (χ3v) is 7.73. The number of aliphatic hydroxyl groups is 2. The summed E-state index contributed by atoms with van der Waals surface area (Å²) in [6.07, 6.45) is 1.20. The van der Waals surface area contributed by atoms with Gasteiger partial charge in [0.1, 0.15) is 19.3 Å². The molecule has 0 bridgehead atoms. The van der Waals surface area contributed by atoms with Crippen molar-refractivity contribution in [2.75, 3.05) is 37.9 Å². The predicted octanol–water partition coefficient (Wildman–Crippen LogP) is 3.55. The lowest BCUT2D eigenvalue weighted by molar-refractivity contribution is -0.171. The molecule has 3 aromatic rings. The Bertz CT molecular complexity index is 1390. The smallest absolute Gasteiger partial charge is 0.415 e. The van der Waals surface area contributed by atoms with Gasteiger partial charge in [-0.05, 0) is 44.0 Å². The van der Waals surface area contributed by atoms with Gasteiger partial charge in [-0.25, -0.2) is 9.78 Å². The second-order valence-corrected chi connectivity index (χ2v) is 10.2. The Morgan fingerprint density at radius 1 is 1.18 bits per heavy atom. The van der Waals surface area contributed by atoms with Crippen molar-refractivity contribution in [3.63, 3.8) is 0 Å². The molecule has 3 aliphatic heterocycles. The molecule has 0 saturated carbocycles. The van der Waals surface area contributed by atoms with E-state index < -0.39 is 23.9 Å². The van der Waals surface area contributed by atoms with E-state index in [9.17, 15) is 15.0 Å². The molecule has 3 aliphatic rings. The highest BCUT2D eigenvalue weighted by Gasteiger charge is 2.54. The molecule has 0 unspecified atom stereocenters. The zero-order valence-electron chi connectivity index (χ0n) is 22.3.